The third kappa shape index (κ3) is 23.2. The summed E-state index contributed by atoms with van der Waals surface area (Å²) in [4.78, 5) is 58.0. The Kier molecular flexibility index (Phi) is 32.1. The Morgan fingerprint density at radius 2 is 0.629 bits per heavy atom. The molecule has 0 saturated heterocycles. The van der Waals surface area contributed by atoms with E-state index in [1.165, 1.54) is 92.9 Å². The van der Waals surface area contributed by atoms with Crippen molar-refractivity contribution in [1.29, 1.82) is 0 Å². The van der Waals surface area contributed by atoms with Gasteiger partial charge in [0.05, 0.1) is 47.6 Å². The van der Waals surface area contributed by atoms with Crippen molar-refractivity contribution in [2.45, 2.75) is 129 Å². The molecule has 20 aromatic rings. The number of methoxy groups -OCH3 is 2. The number of halogens is 4. The second-order valence-corrected chi connectivity index (χ2v) is 35.3. The number of hydrogen-bond donors (Lipinski definition) is 8. The van der Waals surface area contributed by atoms with Crippen molar-refractivity contribution < 1.29 is 36.5 Å². The van der Waals surface area contributed by atoms with Crippen LogP contribution in [0.5, 0.6) is 0 Å². The number of nitrogens with one attached hydrogen (secondary N) is 8. The van der Waals surface area contributed by atoms with E-state index in [0.29, 0.717) is 79.6 Å². The zero-order valence-electron chi connectivity index (χ0n) is 80.1. The fourth-order valence-corrected chi connectivity index (χ4v) is 18.1. The lowest BCUT2D eigenvalue weighted by molar-refractivity contribution is 0.140. The molecule has 30 heteroatoms. The highest BCUT2D eigenvalue weighted by Crippen LogP contribution is 2.37. The first-order valence-electron chi connectivity index (χ1n) is 48.1. The van der Waals surface area contributed by atoms with Crippen LogP contribution in [0.3, 0.4) is 0 Å². The molecule has 0 saturated carbocycles. The lowest BCUT2D eigenvalue weighted by Gasteiger charge is -2.15. The van der Waals surface area contributed by atoms with Crippen LogP contribution in [-0.4, -0.2) is 167 Å². The number of pyridine rings is 6. The predicted octanol–water partition coefficient (Wildman–Crippen LogP) is 23.6. The molecule has 4 aromatic carbocycles. The van der Waals surface area contributed by atoms with Crippen molar-refractivity contribution in [3.63, 3.8) is 0 Å². The molecule has 0 amide bonds. The highest BCUT2D eigenvalue weighted by atomic mass is 19.1. The molecule has 4 atom stereocenters. The molecule has 8 N–H and O–H groups in total. The maximum atomic E-state index is 14.0. The third-order valence-corrected chi connectivity index (χ3v) is 25.7. The summed E-state index contributed by atoms with van der Waals surface area (Å²) < 4.78 is 85.7. The Morgan fingerprint density at radius 1 is 0.329 bits per heavy atom. The molecule has 0 bridgehead atoms. The highest BCUT2D eigenvalue weighted by molar-refractivity contribution is 5.87. The van der Waals surface area contributed by atoms with Gasteiger partial charge in [-0.3, -0.25) is 28.7 Å². The zero-order valence-corrected chi connectivity index (χ0v) is 80.1. The second-order valence-electron chi connectivity index (χ2n) is 35.3. The first-order valence-corrected chi connectivity index (χ1v) is 48.1. The normalized spacial score (nSPS) is 12.4. The lowest BCUT2D eigenvalue weighted by atomic mass is 10.0. The Balaban J connectivity index is 0.000000129. The van der Waals surface area contributed by atoms with Crippen LogP contribution in [0.1, 0.15) is 149 Å². The highest BCUT2D eigenvalue weighted by Gasteiger charge is 2.24. The van der Waals surface area contributed by atoms with E-state index in [2.05, 4.69) is 203 Å². The van der Waals surface area contributed by atoms with E-state index in [0.717, 1.165) is 192 Å². The van der Waals surface area contributed by atoms with Gasteiger partial charge in [-0.1, -0.05) is 100 Å². The number of para-hydroxylation sites is 4. The van der Waals surface area contributed by atoms with Gasteiger partial charge in [0, 0.05) is 291 Å². The largest absolute Gasteiger partial charge is 0.385 e. The number of nitrogens with zero attached hydrogens (tertiary/aromatic N) is 14. The van der Waals surface area contributed by atoms with E-state index in [-0.39, 0.29) is 29.4 Å². The molecule has 4 unspecified atom stereocenters. The van der Waals surface area contributed by atoms with Crippen LogP contribution in [-0.2, 0) is 44.6 Å². The van der Waals surface area contributed by atoms with E-state index >= 15 is 0 Å². The van der Waals surface area contributed by atoms with Gasteiger partial charge in [0.15, 0.2) is 34.2 Å². The number of ether oxygens (including phenoxy) is 4. The summed E-state index contributed by atoms with van der Waals surface area (Å²) in [5.74, 6) is 0.916. The van der Waals surface area contributed by atoms with Gasteiger partial charge in [-0.15, -0.1) is 0 Å². The Bertz CT molecular complexity index is 6640. The maximum Gasteiger partial charge on any atom is 0.180 e. The zero-order chi connectivity index (χ0) is 96.8. The number of aromatic nitrogens is 18. The number of rotatable bonds is 40. The maximum absolute atomic E-state index is 14.0. The van der Waals surface area contributed by atoms with Gasteiger partial charge in [-0.2, -0.15) is 0 Å². The molecule has 720 valence electrons. The molecular formula is C110H118F4N22O4. The summed E-state index contributed by atoms with van der Waals surface area (Å²) in [7, 11) is 3.45. The third-order valence-electron chi connectivity index (χ3n) is 25.7. The number of imidazole rings is 4. The van der Waals surface area contributed by atoms with Gasteiger partial charge in [0.2, 0.25) is 0 Å². The van der Waals surface area contributed by atoms with Crippen molar-refractivity contribution in [1.82, 2.24) is 87.4 Å². The van der Waals surface area contributed by atoms with Gasteiger partial charge in [0.25, 0.3) is 0 Å². The number of aromatic amines is 4. The minimum absolute atomic E-state index is 0.233. The number of hydrogen-bond acceptors (Lipinski definition) is 18. The fraction of sp³-hybridized carbons (Fsp3) is 0.291. The summed E-state index contributed by atoms with van der Waals surface area (Å²) in [5, 5.41) is 19.0. The molecule has 20 rings (SSSR count). The Morgan fingerprint density at radius 3 is 0.957 bits per heavy atom. The van der Waals surface area contributed by atoms with Gasteiger partial charge in [-0.25, -0.2) is 47.5 Å². The van der Waals surface area contributed by atoms with Crippen LogP contribution >= 0.6 is 0 Å². The molecule has 26 nitrogen and oxygen atoms in total. The van der Waals surface area contributed by atoms with Crippen molar-refractivity contribution in [3.05, 3.63) is 326 Å². The van der Waals surface area contributed by atoms with Crippen LogP contribution < -0.4 is 21.3 Å². The molecule has 16 aromatic heterocycles. The van der Waals surface area contributed by atoms with Crippen LogP contribution in [0.4, 0.5) is 40.6 Å². The second kappa shape index (κ2) is 46.4. The molecule has 0 fully saturated rings. The van der Waals surface area contributed by atoms with Crippen LogP contribution in [0.2, 0.25) is 0 Å². The smallest absolute Gasteiger partial charge is 0.180 e. The summed E-state index contributed by atoms with van der Waals surface area (Å²) in [6.45, 7) is 19.9. The van der Waals surface area contributed by atoms with Gasteiger partial charge >= 0.3 is 0 Å². The predicted molar refractivity (Wildman–Crippen MR) is 549 cm³/mol. The summed E-state index contributed by atoms with van der Waals surface area (Å²) in [6.07, 6.45) is 44.4. The molecule has 140 heavy (non-hydrogen) atoms. The van der Waals surface area contributed by atoms with Gasteiger partial charge < -0.3 is 69.0 Å². The van der Waals surface area contributed by atoms with Crippen molar-refractivity contribution in [3.8, 4) is 44.8 Å². The van der Waals surface area contributed by atoms with Crippen molar-refractivity contribution in [2.75, 3.05) is 101 Å². The molecule has 0 aliphatic heterocycles. The van der Waals surface area contributed by atoms with Crippen LogP contribution in [0, 0.1) is 23.3 Å². The standard InChI is InChI=1S/2C28H30FN5O.2C27H29FN6O/c1-19(6-5-11-35-2)27-17-33-28-26(13-22(18-34(27)28)21-12-23(29)16-30-14-21)31-10-9-20-15-32-25-8-4-3-7-24(20)25;1-3-35-11-9-19(2)27-17-33-28-26(13-22(18-34(27)28)21-12-23(29)16-30-14-21)31-10-8-20-15-32-25-7-5-4-6-24(20)25;1-18(6-5-11-35-2)25-16-32-27-26(30-10-9-19-14-31-23-8-4-3-7-22(19)23)33-24(17-34(25)27)20-12-21(28)15-29-13-20;1-3-35-11-9-18(2)25-16-32-27-26(30-10-8-19-14-31-23-7-5-4-6-22(19)23)33-24(17-34(25)27)20-12-21(28)15-29-13-20/h3-4,7-8,12-19,31-32H,5-6,9-11H2,1-2H3;4-7,12-19,31-32H,3,8-11H2,1-2H3;3-4,7-8,12-18,31H,5-6,9-11H2,1-2H3,(H,30,33);4-7,12-18,31H,3,8-11H2,1-2H3,(H,30,33). The SMILES string of the molecule is CCOCCC(C)c1cnc2c(NCCc3c[nH]c4ccccc34)cc(-c3cncc(F)c3)cn12.CCOCCC(C)c1cnc2c(NCCc3c[nH]c4ccccc34)nc(-c3cncc(F)c3)cn12.COCCCC(C)c1cnc2c(NCCc3c[nH]c4ccccc34)cc(-c3cncc(F)c3)cn12.COCCCC(C)c1cnc2c(NCCc3c[nH]c4ccccc34)nc(-c3cncc(F)c3)cn12. The Hall–Kier alpha value is -15.0. The molecular weight excluding hydrogens is 1770 g/mol. The monoisotopic (exact) mass is 1890 g/mol. The first-order chi connectivity index (χ1) is 68.5. The lowest BCUT2D eigenvalue weighted by Crippen LogP contribution is -2.10. The minimum atomic E-state index is -0.394. The molecule has 0 aliphatic rings. The van der Waals surface area contributed by atoms with Crippen LogP contribution in [0.25, 0.3) is 111 Å². The summed E-state index contributed by atoms with van der Waals surface area (Å²) >= 11 is 0. The number of H-pyrrole nitrogens is 4. The van der Waals surface area contributed by atoms with Crippen molar-refractivity contribution in [2.24, 2.45) is 0 Å². The van der Waals surface area contributed by atoms with E-state index in [1.54, 1.807) is 39.0 Å². The van der Waals surface area contributed by atoms with Gasteiger partial charge in [0.1, 0.15) is 23.3 Å². The van der Waals surface area contributed by atoms with E-state index in [4.69, 9.17) is 43.9 Å². The average molecular weight is 1890 g/mol. The summed E-state index contributed by atoms with van der Waals surface area (Å²) in [5.41, 5.74) is 24.7. The van der Waals surface area contributed by atoms with E-state index < -0.39 is 11.6 Å². The van der Waals surface area contributed by atoms with Crippen LogP contribution in [0.15, 0.2) is 257 Å². The van der Waals surface area contributed by atoms with Crippen molar-refractivity contribution >= 4 is 89.2 Å². The fourth-order valence-electron chi connectivity index (χ4n) is 18.1. The quantitative estimate of drug-likeness (QED) is 0.0131. The molecule has 0 spiro atoms. The number of fused-ring (bicyclic) bond motifs is 8. The minimum Gasteiger partial charge on any atom is -0.385 e. The molecule has 0 radical (unpaired) electrons. The summed E-state index contributed by atoms with van der Waals surface area (Å²) in [6, 6.07) is 43.2. The van der Waals surface area contributed by atoms with E-state index in [9.17, 15) is 17.6 Å². The Labute approximate surface area is 809 Å². The molecule has 0 aliphatic carbocycles. The average Bonchev–Trinajstić information content (AvgIpc) is 1.64. The number of benzene rings is 4. The first kappa shape index (κ1) is 96.7. The van der Waals surface area contributed by atoms with E-state index in [1.807, 2.05) is 106 Å². The number of anilines is 4. The molecule has 16 heterocycles. The van der Waals surface area contributed by atoms with Gasteiger partial charge in [-0.05, 0) is 173 Å². The topological polar surface area (TPSA) is 295 Å².